The molecular weight excluding hydrogens is 439 g/mol. The SMILES string of the molecule is CCCCCCCc1ccc(CCc2ccc3c(F)c(C#Cc4ccc(CC)cc4)ccc3c2)cc1. The summed E-state index contributed by atoms with van der Waals surface area (Å²) in [6.07, 6.45) is 10.7. The van der Waals surface area contributed by atoms with E-state index in [9.17, 15) is 0 Å². The van der Waals surface area contributed by atoms with Gasteiger partial charge in [-0.05, 0) is 77.9 Å². The average Bonchev–Trinajstić information content (AvgIpc) is 2.92. The fourth-order valence-electron chi connectivity index (χ4n) is 4.65. The highest BCUT2D eigenvalue weighted by atomic mass is 19.1. The van der Waals surface area contributed by atoms with E-state index in [2.05, 4.69) is 74.2 Å². The van der Waals surface area contributed by atoms with E-state index in [-0.39, 0.29) is 5.82 Å². The second-order valence-corrected chi connectivity index (χ2v) is 9.76. The predicted octanol–water partition coefficient (Wildman–Crippen LogP) is 9.24. The zero-order valence-corrected chi connectivity index (χ0v) is 21.7. The van der Waals surface area contributed by atoms with Gasteiger partial charge < -0.3 is 0 Å². The van der Waals surface area contributed by atoms with Crippen molar-refractivity contribution in [1.29, 1.82) is 0 Å². The lowest BCUT2D eigenvalue weighted by Gasteiger charge is -2.07. The van der Waals surface area contributed by atoms with Crippen LogP contribution in [0.25, 0.3) is 10.8 Å². The first-order valence-electron chi connectivity index (χ1n) is 13.6. The lowest BCUT2D eigenvalue weighted by atomic mass is 9.98. The first kappa shape index (κ1) is 25.7. The molecule has 0 aliphatic carbocycles. The molecule has 0 radical (unpaired) electrons. The molecule has 0 saturated heterocycles. The summed E-state index contributed by atoms with van der Waals surface area (Å²) in [5.74, 6) is 5.89. The molecule has 4 rings (SSSR count). The average molecular weight is 477 g/mol. The normalized spacial score (nSPS) is 10.9. The fourth-order valence-corrected chi connectivity index (χ4v) is 4.65. The van der Waals surface area contributed by atoms with E-state index in [0.29, 0.717) is 10.9 Å². The van der Waals surface area contributed by atoms with Gasteiger partial charge in [0.25, 0.3) is 0 Å². The van der Waals surface area contributed by atoms with E-state index >= 15 is 4.39 Å². The highest BCUT2D eigenvalue weighted by molar-refractivity contribution is 5.85. The predicted molar refractivity (Wildman–Crippen MR) is 152 cm³/mol. The molecule has 0 atom stereocenters. The smallest absolute Gasteiger partial charge is 0.146 e. The Bertz CT molecular complexity index is 1320. The number of fused-ring (bicyclic) bond motifs is 1. The van der Waals surface area contributed by atoms with Crippen molar-refractivity contribution in [2.45, 2.75) is 71.6 Å². The molecule has 0 spiro atoms. The topological polar surface area (TPSA) is 0 Å². The van der Waals surface area contributed by atoms with Gasteiger partial charge in [0.15, 0.2) is 0 Å². The van der Waals surface area contributed by atoms with Gasteiger partial charge in [-0.2, -0.15) is 0 Å². The second-order valence-electron chi connectivity index (χ2n) is 9.76. The highest BCUT2D eigenvalue weighted by Gasteiger charge is 2.07. The van der Waals surface area contributed by atoms with Crippen molar-refractivity contribution >= 4 is 10.8 Å². The summed E-state index contributed by atoms with van der Waals surface area (Å²) in [4.78, 5) is 0. The first-order valence-corrected chi connectivity index (χ1v) is 13.6. The molecule has 1 heteroatoms. The third kappa shape index (κ3) is 7.08. The number of rotatable bonds is 10. The zero-order chi connectivity index (χ0) is 25.2. The monoisotopic (exact) mass is 476 g/mol. The van der Waals surface area contributed by atoms with Crippen LogP contribution in [0.2, 0.25) is 0 Å². The third-order valence-electron chi connectivity index (χ3n) is 7.02. The molecule has 0 unspecified atom stereocenters. The molecule has 0 aromatic heterocycles. The molecule has 36 heavy (non-hydrogen) atoms. The van der Waals surface area contributed by atoms with Gasteiger partial charge in [-0.15, -0.1) is 0 Å². The molecule has 0 aliphatic heterocycles. The van der Waals surface area contributed by atoms with E-state index < -0.39 is 0 Å². The van der Waals surface area contributed by atoms with Gasteiger partial charge in [-0.25, -0.2) is 4.39 Å². The molecule has 184 valence electrons. The number of aryl methyl sites for hydroxylation is 4. The Morgan fingerprint density at radius 2 is 1.22 bits per heavy atom. The number of hydrogen-bond donors (Lipinski definition) is 0. The summed E-state index contributed by atoms with van der Waals surface area (Å²) in [6, 6.07) is 27.1. The van der Waals surface area contributed by atoms with Crippen LogP contribution < -0.4 is 0 Å². The van der Waals surface area contributed by atoms with E-state index in [1.165, 1.54) is 60.8 Å². The van der Waals surface area contributed by atoms with Crippen LogP contribution in [0, 0.1) is 17.7 Å². The Kier molecular flexibility index (Phi) is 9.34. The van der Waals surface area contributed by atoms with Crippen molar-refractivity contribution in [1.82, 2.24) is 0 Å². The van der Waals surface area contributed by atoms with Crippen molar-refractivity contribution in [2.75, 3.05) is 0 Å². The van der Waals surface area contributed by atoms with Crippen molar-refractivity contribution in [3.63, 3.8) is 0 Å². The summed E-state index contributed by atoms with van der Waals surface area (Å²) in [5, 5.41) is 1.57. The molecule has 4 aromatic rings. The summed E-state index contributed by atoms with van der Waals surface area (Å²) >= 11 is 0. The summed E-state index contributed by atoms with van der Waals surface area (Å²) in [7, 11) is 0. The van der Waals surface area contributed by atoms with Crippen LogP contribution >= 0.6 is 0 Å². The fraction of sp³-hybridized carbons (Fsp3) is 0.314. The minimum absolute atomic E-state index is 0.234. The van der Waals surface area contributed by atoms with Gasteiger partial charge in [-0.3, -0.25) is 0 Å². The number of halogens is 1. The maximum Gasteiger partial charge on any atom is 0.146 e. The molecule has 0 amide bonds. The van der Waals surface area contributed by atoms with Gasteiger partial charge in [0.1, 0.15) is 5.82 Å². The number of benzene rings is 4. The second kappa shape index (κ2) is 13.1. The van der Waals surface area contributed by atoms with Gasteiger partial charge in [0, 0.05) is 10.9 Å². The Morgan fingerprint density at radius 3 is 1.94 bits per heavy atom. The Morgan fingerprint density at radius 1 is 0.583 bits per heavy atom. The maximum absolute atomic E-state index is 15.2. The molecule has 0 nitrogen and oxygen atoms in total. The Hall–Kier alpha value is -3.37. The minimum Gasteiger partial charge on any atom is -0.205 e. The number of unbranched alkanes of at least 4 members (excludes halogenated alkanes) is 4. The van der Waals surface area contributed by atoms with Crippen LogP contribution in [0.5, 0.6) is 0 Å². The summed E-state index contributed by atoms with van der Waals surface area (Å²) in [5.41, 5.74) is 6.65. The molecule has 0 N–H and O–H groups in total. The van der Waals surface area contributed by atoms with Gasteiger partial charge in [0.2, 0.25) is 0 Å². The Balaban J connectivity index is 1.36. The standard InChI is InChI=1S/C35H37F/c1-3-5-6-7-8-9-28-14-16-29(17-15-28)18-19-31-21-25-34-33(26-31)24-23-32(35(34)36)22-20-30-12-10-27(4-2)11-13-30/h10-17,21,23-26H,3-9,18-19H2,1-2H3. The summed E-state index contributed by atoms with van der Waals surface area (Å²) in [6.45, 7) is 4.39. The Labute approximate surface area is 216 Å². The zero-order valence-electron chi connectivity index (χ0n) is 21.7. The minimum atomic E-state index is -0.234. The molecule has 0 saturated carbocycles. The van der Waals surface area contributed by atoms with Crippen LogP contribution in [-0.4, -0.2) is 0 Å². The van der Waals surface area contributed by atoms with Crippen molar-refractivity contribution in [3.05, 3.63) is 118 Å². The van der Waals surface area contributed by atoms with Gasteiger partial charge >= 0.3 is 0 Å². The van der Waals surface area contributed by atoms with Crippen LogP contribution in [0.3, 0.4) is 0 Å². The molecule has 0 aliphatic rings. The first-order chi connectivity index (χ1) is 17.7. The quantitative estimate of drug-likeness (QED) is 0.158. The lowest BCUT2D eigenvalue weighted by molar-refractivity contribution is 0.632. The largest absolute Gasteiger partial charge is 0.205 e. The van der Waals surface area contributed by atoms with E-state index in [4.69, 9.17) is 0 Å². The molecular formula is C35H37F. The maximum atomic E-state index is 15.2. The molecule has 0 bridgehead atoms. The third-order valence-corrected chi connectivity index (χ3v) is 7.02. The molecule has 4 aromatic carbocycles. The van der Waals surface area contributed by atoms with Crippen LogP contribution in [-0.2, 0) is 25.7 Å². The molecule has 0 fully saturated rings. The van der Waals surface area contributed by atoms with Gasteiger partial charge in [-0.1, -0.05) is 112 Å². The van der Waals surface area contributed by atoms with E-state index in [1.807, 2.05) is 24.3 Å². The van der Waals surface area contributed by atoms with Crippen molar-refractivity contribution in [3.8, 4) is 11.8 Å². The van der Waals surface area contributed by atoms with Crippen LogP contribution in [0.4, 0.5) is 4.39 Å². The van der Waals surface area contributed by atoms with Crippen molar-refractivity contribution in [2.24, 2.45) is 0 Å². The summed E-state index contributed by atoms with van der Waals surface area (Å²) < 4.78 is 15.2. The number of hydrogen-bond acceptors (Lipinski definition) is 0. The van der Waals surface area contributed by atoms with E-state index in [1.54, 1.807) is 6.07 Å². The van der Waals surface area contributed by atoms with Crippen molar-refractivity contribution < 1.29 is 4.39 Å². The van der Waals surface area contributed by atoms with Crippen LogP contribution in [0.15, 0.2) is 78.9 Å². The van der Waals surface area contributed by atoms with E-state index in [0.717, 1.165) is 30.2 Å². The van der Waals surface area contributed by atoms with Gasteiger partial charge in [0.05, 0.1) is 5.56 Å². The van der Waals surface area contributed by atoms with Crippen LogP contribution in [0.1, 0.15) is 79.3 Å². The highest BCUT2D eigenvalue weighted by Crippen LogP contribution is 2.23. The lowest BCUT2D eigenvalue weighted by Crippen LogP contribution is -1.94. The molecule has 0 heterocycles.